The van der Waals surface area contributed by atoms with Crippen LogP contribution in [0.25, 0.3) is 0 Å². The molecule has 5 heteroatoms. The Kier molecular flexibility index (Phi) is 1.99. The molecule has 0 aliphatic carbocycles. The van der Waals surface area contributed by atoms with Gasteiger partial charge < -0.3 is 19.3 Å². The topological polar surface area (TPSA) is 19.0 Å². The minimum atomic E-state index is -0.0624. The summed E-state index contributed by atoms with van der Waals surface area (Å²) >= 11 is 0. The molecule has 0 bridgehead atoms. The number of hydrogen-bond donors (Lipinski definition) is 0. The number of rotatable bonds is 0. The van der Waals surface area contributed by atoms with Gasteiger partial charge >= 0.3 is 7.05 Å². The van der Waals surface area contributed by atoms with Crippen LogP contribution in [0.15, 0.2) is 60.6 Å². The van der Waals surface area contributed by atoms with Crippen molar-refractivity contribution in [3.63, 3.8) is 0 Å². The van der Waals surface area contributed by atoms with Crippen molar-refractivity contribution in [2.75, 3.05) is 23.4 Å². The van der Waals surface area contributed by atoms with Crippen LogP contribution in [-0.4, -0.2) is 25.7 Å². The molecule has 102 valence electrons. The van der Waals surface area contributed by atoms with E-state index in [1.165, 1.54) is 17.0 Å². The van der Waals surface area contributed by atoms with E-state index in [-0.39, 0.29) is 7.05 Å². The molecule has 0 radical (unpaired) electrons. The third kappa shape index (κ3) is 1.35. The van der Waals surface area contributed by atoms with Gasteiger partial charge in [0.05, 0.1) is 12.4 Å². The van der Waals surface area contributed by atoms with E-state index in [0.717, 1.165) is 18.1 Å². The molecule has 5 rings (SSSR count). The molecule has 0 saturated heterocycles. The van der Waals surface area contributed by atoms with Gasteiger partial charge in [0.1, 0.15) is 11.6 Å². The van der Waals surface area contributed by atoms with Gasteiger partial charge in [-0.25, -0.2) is 0 Å². The van der Waals surface area contributed by atoms with Crippen LogP contribution in [0.4, 0.5) is 11.4 Å². The highest BCUT2D eigenvalue weighted by molar-refractivity contribution is 6.76. The normalized spacial score (nSPS) is 17.9. The van der Waals surface area contributed by atoms with Crippen molar-refractivity contribution in [3.8, 4) is 5.75 Å². The summed E-state index contributed by atoms with van der Waals surface area (Å²) in [5.41, 5.74) is 3.60. The summed E-state index contributed by atoms with van der Waals surface area (Å²) in [4.78, 5) is 6.84. The summed E-state index contributed by atoms with van der Waals surface area (Å²) in [7, 11) is 2.04. The van der Waals surface area contributed by atoms with Gasteiger partial charge in [0.2, 0.25) is 0 Å². The van der Waals surface area contributed by atoms with Gasteiger partial charge in [-0.15, -0.1) is 0 Å². The largest absolute Gasteiger partial charge is 0.536 e. The van der Waals surface area contributed by atoms with E-state index >= 15 is 0 Å². The summed E-state index contributed by atoms with van der Waals surface area (Å²) in [5, 5.41) is 0. The first-order chi connectivity index (χ1) is 10.3. The molecule has 2 aromatic carbocycles. The van der Waals surface area contributed by atoms with Crippen LogP contribution in [0.3, 0.4) is 0 Å². The van der Waals surface area contributed by atoms with Crippen LogP contribution in [0.2, 0.25) is 0 Å². The number of benzene rings is 2. The highest BCUT2D eigenvalue weighted by atomic mass is 16.5. The molecule has 0 aromatic heterocycles. The molecule has 3 heterocycles. The van der Waals surface area contributed by atoms with Crippen LogP contribution in [0.5, 0.6) is 5.75 Å². The zero-order valence-electron chi connectivity index (χ0n) is 11.7. The predicted molar refractivity (Wildman–Crippen MR) is 84.6 cm³/mol. The lowest BCUT2D eigenvalue weighted by molar-refractivity contribution is 0.495. The van der Waals surface area contributed by atoms with Crippen molar-refractivity contribution < 1.29 is 4.65 Å². The molecular weight excluding hydrogens is 261 g/mol. The second kappa shape index (κ2) is 3.76. The summed E-state index contributed by atoms with van der Waals surface area (Å²) in [6.45, 7) is 0.873. The van der Waals surface area contributed by atoms with Gasteiger partial charge in [-0.3, -0.25) is 0 Å². The predicted octanol–water partition coefficient (Wildman–Crippen LogP) is 1.80. The zero-order valence-corrected chi connectivity index (χ0v) is 11.7. The number of para-hydroxylation sites is 3. The highest BCUT2D eigenvalue weighted by Gasteiger charge is 2.48. The smallest absolute Gasteiger partial charge is 0.527 e. The Bertz CT molecular complexity index is 776. The first-order valence-corrected chi connectivity index (χ1v) is 7.16. The quantitative estimate of drug-likeness (QED) is 0.682. The molecule has 0 saturated carbocycles. The third-order valence-electron chi connectivity index (χ3n) is 4.32. The van der Waals surface area contributed by atoms with Crippen LogP contribution < -0.4 is 19.8 Å². The first-order valence-electron chi connectivity index (χ1n) is 7.16. The van der Waals surface area contributed by atoms with Crippen LogP contribution in [0.1, 0.15) is 0 Å². The lowest BCUT2D eigenvalue weighted by Crippen LogP contribution is -2.57. The average molecular weight is 275 g/mol. The molecule has 0 spiro atoms. The number of anilines is 2. The Hall–Kier alpha value is -2.56. The Morgan fingerprint density at radius 3 is 2.67 bits per heavy atom. The second-order valence-electron chi connectivity index (χ2n) is 5.68. The molecule has 2 aromatic rings. The maximum absolute atomic E-state index is 6.22. The highest BCUT2D eigenvalue weighted by Crippen LogP contribution is 2.43. The zero-order chi connectivity index (χ0) is 14.0. The van der Waals surface area contributed by atoms with Gasteiger partial charge in [0.15, 0.2) is 0 Å². The minimum Gasteiger partial charge on any atom is -0.536 e. The van der Waals surface area contributed by atoms with Gasteiger partial charge in [0, 0.05) is 24.4 Å². The van der Waals surface area contributed by atoms with Gasteiger partial charge in [-0.2, -0.15) is 0 Å². The second-order valence-corrected chi connectivity index (χ2v) is 5.68. The van der Waals surface area contributed by atoms with E-state index in [0.29, 0.717) is 0 Å². The van der Waals surface area contributed by atoms with Gasteiger partial charge in [0.25, 0.3) is 0 Å². The van der Waals surface area contributed by atoms with E-state index < -0.39 is 0 Å². The minimum absolute atomic E-state index is 0.0624. The van der Waals surface area contributed by atoms with E-state index in [9.17, 15) is 0 Å². The molecule has 0 amide bonds. The van der Waals surface area contributed by atoms with Crippen molar-refractivity contribution in [3.05, 3.63) is 60.6 Å². The summed E-state index contributed by atoms with van der Waals surface area (Å²) in [6, 6.07) is 16.8. The first kappa shape index (κ1) is 11.1. The molecule has 0 atom stereocenters. The SMILES string of the molecule is CN1C=C2N(C1)c1ccccc1B1Oc3ccccc3N12. The van der Waals surface area contributed by atoms with Gasteiger partial charge in [-0.05, 0) is 18.2 Å². The Balaban J connectivity index is 1.77. The maximum Gasteiger partial charge on any atom is 0.527 e. The Morgan fingerprint density at radius 1 is 1.00 bits per heavy atom. The Morgan fingerprint density at radius 2 is 1.76 bits per heavy atom. The maximum atomic E-state index is 6.22. The van der Waals surface area contributed by atoms with E-state index in [1.54, 1.807) is 0 Å². The number of nitrogens with zero attached hydrogens (tertiary/aromatic N) is 3. The Labute approximate surface area is 124 Å². The summed E-state index contributed by atoms with van der Waals surface area (Å²) in [6.07, 6.45) is 2.19. The van der Waals surface area contributed by atoms with E-state index in [1.807, 2.05) is 12.1 Å². The lowest BCUT2D eigenvalue weighted by atomic mass is 9.69. The van der Waals surface area contributed by atoms with Crippen molar-refractivity contribution in [2.24, 2.45) is 0 Å². The van der Waals surface area contributed by atoms with E-state index in [2.05, 4.69) is 64.3 Å². The van der Waals surface area contributed by atoms with Crippen molar-refractivity contribution in [2.45, 2.75) is 0 Å². The van der Waals surface area contributed by atoms with Crippen LogP contribution in [-0.2, 0) is 0 Å². The monoisotopic (exact) mass is 275 g/mol. The molecule has 0 N–H and O–H groups in total. The van der Waals surface area contributed by atoms with Crippen molar-refractivity contribution in [1.82, 2.24) is 4.90 Å². The average Bonchev–Trinajstić information content (AvgIpc) is 3.07. The fraction of sp³-hybridized carbons (Fsp3) is 0.125. The van der Waals surface area contributed by atoms with E-state index in [4.69, 9.17) is 4.65 Å². The lowest BCUT2D eigenvalue weighted by Gasteiger charge is -2.37. The third-order valence-corrected chi connectivity index (χ3v) is 4.32. The number of hydrogen-bond acceptors (Lipinski definition) is 4. The molecule has 0 fully saturated rings. The fourth-order valence-corrected chi connectivity index (χ4v) is 3.44. The fourth-order valence-electron chi connectivity index (χ4n) is 3.44. The number of fused-ring (bicyclic) bond motifs is 8. The molecule has 4 nitrogen and oxygen atoms in total. The van der Waals surface area contributed by atoms with Crippen molar-refractivity contribution >= 4 is 23.9 Å². The van der Waals surface area contributed by atoms with Gasteiger partial charge in [-0.1, -0.05) is 30.3 Å². The summed E-state index contributed by atoms with van der Waals surface area (Å²) in [5.74, 6) is 2.14. The summed E-state index contributed by atoms with van der Waals surface area (Å²) < 4.78 is 6.22. The van der Waals surface area contributed by atoms with Crippen LogP contribution in [0, 0.1) is 0 Å². The van der Waals surface area contributed by atoms with Crippen LogP contribution >= 0.6 is 0 Å². The molecule has 3 aliphatic rings. The molecular formula is C16H14BN3O. The molecule has 0 unspecified atom stereocenters. The van der Waals surface area contributed by atoms with Crippen molar-refractivity contribution in [1.29, 1.82) is 0 Å². The molecule has 3 aliphatic heterocycles. The molecule has 21 heavy (non-hydrogen) atoms. The standard InChI is InChI=1S/C16H14BN3O/c1-18-10-16-19(11-18)13-7-3-2-6-12(13)17-20(16)14-8-4-5-9-15(14)21-17/h2-10H,11H2,1H3.